The van der Waals surface area contributed by atoms with Crippen LogP contribution in [0.4, 0.5) is 0 Å². The molecular formula is C39H27N9O5. The molecule has 4 N–H and O–H groups in total. The summed E-state index contributed by atoms with van der Waals surface area (Å²) in [6.45, 7) is 0.453. The fraction of sp³-hybridized carbons (Fsp3) is 0.0256. The number of carboxylic acids is 1. The number of aromatic nitrogens is 8. The molecule has 14 nitrogen and oxygen atoms in total. The average Bonchev–Trinajstić information content (AvgIpc) is 3.74. The van der Waals surface area contributed by atoms with E-state index in [1.54, 1.807) is 36.4 Å². The van der Waals surface area contributed by atoms with E-state index in [4.69, 9.17) is 5.11 Å². The molecule has 0 unspecified atom stereocenters. The number of carbonyl (C=O) groups excluding carboxylic acids is 1. The maximum atomic E-state index is 12.8. The minimum Gasteiger partial charge on any atom is -0.478 e. The number of nitrogens with zero attached hydrogens (tertiary/aromatic N) is 6. The molecule has 9 aromatic rings. The van der Waals surface area contributed by atoms with Crippen molar-refractivity contribution in [3.63, 3.8) is 0 Å². The summed E-state index contributed by atoms with van der Waals surface area (Å²) < 4.78 is 2.74. The van der Waals surface area contributed by atoms with E-state index in [9.17, 15) is 19.2 Å². The number of aromatic amines is 2. The van der Waals surface area contributed by atoms with Gasteiger partial charge in [-0.2, -0.15) is 0 Å². The summed E-state index contributed by atoms with van der Waals surface area (Å²) in [5, 5.41) is 35.9. The van der Waals surface area contributed by atoms with Crippen LogP contribution in [0.2, 0.25) is 0 Å². The molecule has 0 aliphatic heterocycles. The van der Waals surface area contributed by atoms with Crippen LogP contribution in [0, 0.1) is 0 Å². The molecule has 53 heavy (non-hydrogen) atoms. The fourth-order valence-corrected chi connectivity index (χ4v) is 5.93. The molecule has 0 saturated carbocycles. The molecule has 0 aliphatic rings. The van der Waals surface area contributed by atoms with Gasteiger partial charge in [-0.1, -0.05) is 66.7 Å². The molecule has 4 heterocycles. The number of amides is 1. The van der Waals surface area contributed by atoms with Crippen LogP contribution >= 0.6 is 0 Å². The van der Waals surface area contributed by atoms with Crippen LogP contribution in [0.25, 0.3) is 55.2 Å². The van der Waals surface area contributed by atoms with Gasteiger partial charge in [0, 0.05) is 22.9 Å². The lowest BCUT2D eigenvalue weighted by Gasteiger charge is -2.07. The van der Waals surface area contributed by atoms with E-state index >= 15 is 0 Å². The molecule has 0 fully saturated rings. The molecule has 0 saturated heterocycles. The predicted molar refractivity (Wildman–Crippen MR) is 199 cm³/mol. The molecule has 0 spiro atoms. The van der Waals surface area contributed by atoms with E-state index in [1.165, 1.54) is 21.5 Å². The topological polar surface area (TPSA) is 194 Å². The molecule has 14 heteroatoms. The number of hydrogen-bond donors (Lipinski definition) is 4. The molecule has 5 aromatic carbocycles. The number of carbonyl (C=O) groups is 2. The van der Waals surface area contributed by atoms with Crippen molar-refractivity contribution in [1.82, 2.24) is 45.3 Å². The quantitative estimate of drug-likeness (QED) is 0.181. The lowest BCUT2D eigenvalue weighted by atomic mass is 10.2. The van der Waals surface area contributed by atoms with E-state index < -0.39 is 5.97 Å². The first-order valence-corrected chi connectivity index (χ1v) is 16.3. The molecule has 9 rings (SSSR count). The first-order valence-electron chi connectivity index (χ1n) is 16.3. The monoisotopic (exact) mass is 701 g/mol. The normalized spacial score (nSPS) is 11.1. The lowest BCUT2D eigenvalue weighted by molar-refractivity contribution is 0.0696. The van der Waals surface area contributed by atoms with Crippen molar-refractivity contribution in [3.05, 3.63) is 165 Å². The summed E-state index contributed by atoms with van der Waals surface area (Å²) in [5.41, 5.74) is 5.38. The maximum absolute atomic E-state index is 12.8. The van der Waals surface area contributed by atoms with Crippen LogP contribution in [-0.4, -0.2) is 56.9 Å². The maximum Gasteiger partial charge on any atom is 0.335 e. The number of hydrogen-bond acceptors (Lipinski definition) is 8. The Balaban J connectivity index is 0.000000156. The first-order chi connectivity index (χ1) is 25.9. The van der Waals surface area contributed by atoms with Crippen molar-refractivity contribution < 1.29 is 14.7 Å². The van der Waals surface area contributed by atoms with E-state index in [0.717, 1.165) is 16.3 Å². The highest BCUT2D eigenvalue weighted by Crippen LogP contribution is 2.20. The van der Waals surface area contributed by atoms with Gasteiger partial charge in [-0.15, -0.1) is 20.4 Å². The number of H-pyrrole nitrogens is 2. The van der Waals surface area contributed by atoms with Crippen molar-refractivity contribution in [2.45, 2.75) is 6.54 Å². The van der Waals surface area contributed by atoms with Gasteiger partial charge in [0.1, 0.15) is 0 Å². The van der Waals surface area contributed by atoms with Crippen LogP contribution in [-0.2, 0) is 6.54 Å². The Bertz CT molecular complexity index is 2930. The van der Waals surface area contributed by atoms with E-state index in [-0.39, 0.29) is 33.6 Å². The molecule has 0 bridgehead atoms. The van der Waals surface area contributed by atoms with Crippen molar-refractivity contribution in [2.75, 3.05) is 0 Å². The SMILES string of the molecule is O=C(NCc1ccccc1)c1ccc(-n2[nH]c3c(nnc4ccccc43)c2=O)cc1.O=C(O)c1ccc(-n2[nH]c3c(nnc4ccccc43)c2=O)cc1. The standard InChI is InChI=1S/C23H17N5O2.C16H10N4O3/c29-22(24-14-15-6-2-1-3-7-15)16-10-12-17(13-11-16)28-23(30)21-20(27-28)18-8-4-5-9-19(18)25-26-21;21-15-14-13(11-3-1-2-4-12(11)17-18-14)19-20(15)10-7-5-9(6-8-10)16(22)23/h1-13,27H,14H2,(H,24,29);1-8,19H,(H,22,23). The van der Waals surface area contributed by atoms with E-state index in [0.29, 0.717) is 45.5 Å². The van der Waals surface area contributed by atoms with Crippen LogP contribution < -0.4 is 16.4 Å². The number of rotatable bonds is 6. The third-order valence-electron chi connectivity index (χ3n) is 8.65. The first kappa shape index (κ1) is 32.5. The molecular weight excluding hydrogens is 674 g/mol. The predicted octanol–water partition coefficient (Wildman–Crippen LogP) is 5.15. The van der Waals surface area contributed by atoms with Crippen molar-refractivity contribution in [3.8, 4) is 11.4 Å². The third-order valence-corrected chi connectivity index (χ3v) is 8.65. The van der Waals surface area contributed by atoms with E-state index in [2.05, 4.69) is 35.9 Å². The van der Waals surface area contributed by atoms with Gasteiger partial charge >= 0.3 is 5.97 Å². The smallest absolute Gasteiger partial charge is 0.335 e. The van der Waals surface area contributed by atoms with Crippen LogP contribution in [0.5, 0.6) is 0 Å². The lowest BCUT2D eigenvalue weighted by Crippen LogP contribution is -2.23. The summed E-state index contributed by atoms with van der Waals surface area (Å²) in [6, 6.07) is 37.5. The van der Waals surface area contributed by atoms with Crippen molar-refractivity contribution in [2.24, 2.45) is 0 Å². The summed E-state index contributed by atoms with van der Waals surface area (Å²) in [6.07, 6.45) is 0. The Hall–Kier alpha value is -7.74. The van der Waals surface area contributed by atoms with E-state index in [1.807, 2.05) is 78.9 Å². The highest BCUT2D eigenvalue weighted by molar-refractivity contribution is 6.01. The van der Waals surface area contributed by atoms with Crippen LogP contribution in [0.1, 0.15) is 26.3 Å². The number of benzene rings is 5. The fourth-order valence-electron chi connectivity index (χ4n) is 5.93. The highest BCUT2D eigenvalue weighted by Gasteiger charge is 2.15. The molecule has 4 aromatic heterocycles. The van der Waals surface area contributed by atoms with Crippen LogP contribution in [0.3, 0.4) is 0 Å². The van der Waals surface area contributed by atoms with Gasteiger partial charge in [-0.3, -0.25) is 24.6 Å². The minimum atomic E-state index is -1.02. The van der Waals surface area contributed by atoms with Gasteiger partial charge in [0.2, 0.25) is 0 Å². The second-order valence-corrected chi connectivity index (χ2v) is 12.0. The van der Waals surface area contributed by atoms with Gasteiger partial charge in [-0.05, 0) is 66.2 Å². The Morgan fingerprint density at radius 2 is 1.02 bits per heavy atom. The molecule has 1 amide bonds. The number of fused-ring (bicyclic) bond motifs is 6. The Morgan fingerprint density at radius 1 is 0.566 bits per heavy atom. The Morgan fingerprint density at radius 3 is 1.51 bits per heavy atom. The zero-order valence-electron chi connectivity index (χ0n) is 27.6. The Kier molecular flexibility index (Phi) is 8.28. The number of nitrogens with one attached hydrogen (secondary N) is 3. The summed E-state index contributed by atoms with van der Waals surface area (Å²) in [5.74, 6) is -1.19. The van der Waals surface area contributed by atoms with Crippen LogP contribution in [0.15, 0.2) is 137 Å². The summed E-state index contributed by atoms with van der Waals surface area (Å²) >= 11 is 0. The second-order valence-electron chi connectivity index (χ2n) is 12.0. The highest BCUT2D eigenvalue weighted by atomic mass is 16.4. The zero-order chi connectivity index (χ0) is 36.5. The number of aromatic carboxylic acids is 1. The van der Waals surface area contributed by atoms with Gasteiger partial charge in [-0.25, -0.2) is 14.2 Å². The Labute approximate surface area is 298 Å². The molecule has 0 aliphatic carbocycles. The summed E-state index contributed by atoms with van der Waals surface area (Å²) in [7, 11) is 0. The molecule has 0 atom stereocenters. The van der Waals surface area contributed by atoms with Gasteiger partial charge in [0.25, 0.3) is 17.0 Å². The summed E-state index contributed by atoms with van der Waals surface area (Å²) in [4.78, 5) is 48.6. The van der Waals surface area contributed by atoms with Crippen molar-refractivity contribution >= 4 is 55.7 Å². The largest absolute Gasteiger partial charge is 0.478 e. The zero-order valence-corrected chi connectivity index (χ0v) is 27.6. The number of carboxylic acid groups (broad SMARTS) is 1. The second kappa shape index (κ2) is 13.5. The molecule has 0 radical (unpaired) electrons. The average molecular weight is 702 g/mol. The third kappa shape index (κ3) is 6.16. The van der Waals surface area contributed by atoms with Crippen molar-refractivity contribution in [1.29, 1.82) is 0 Å². The minimum absolute atomic E-state index is 0.156. The van der Waals surface area contributed by atoms with Gasteiger partial charge in [0.15, 0.2) is 11.0 Å². The van der Waals surface area contributed by atoms with Gasteiger partial charge < -0.3 is 10.4 Å². The van der Waals surface area contributed by atoms with Gasteiger partial charge in [0.05, 0.1) is 39.0 Å². The molecule has 258 valence electrons.